The molecule has 1 amide bonds. The summed E-state index contributed by atoms with van der Waals surface area (Å²) in [6.07, 6.45) is 3.20. The van der Waals surface area contributed by atoms with Crippen LogP contribution in [0.25, 0.3) is 6.08 Å². The minimum atomic E-state index is -0.285. The van der Waals surface area contributed by atoms with Crippen LogP contribution in [0, 0.1) is 6.92 Å². The van der Waals surface area contributed by atoms with Gasteiger partial charge in [-0.2, -0.15) is 4.98 Å². The molecule has 104 valence electrons. The highest BCUT2D eigenvalue weighted by Gasteiger charge is 2.05. The smallest absolute Gasteiger partial charge is 0.337 e. The molecule has 0 radical (unpaired) electrons. The molecular weight excluding hydrogens is 256 g/mol. The largest absolute Gasteiger partial charge is 0.463 e. The summed E-state index contributed by atoms with van der Waals surface area (Å²) in [6, 6.07) is 8.03. The van der Waals surface area contributed by atoms with Crippen molar-refractivity contribution in [2.75, 3.05) is 11.9 Å². The van der Waals surface area contributed by atoms with Crippen molar-refractivity contribution in [2.45, 2.75) is 13.8 Å². The van der Waals surface area contributed by atoms with E-state index in [0.717, 1.165) is 11.1 Å². The van der Waals surface area contributed by atoms with E-state index in [1.807, 2.05) is 38.1 Å². The van der Waals surface area contributed by atoms with E-state index < -0.39 is 0 Å². The van der Waals surface area contributed by atoms with Gasteiger partial charge in [0, 0.05) is 6.08 Å². The highest BCUT2D eigenvalue weighted by Crippen LogP contribution is 2.09. The molecule has 2 N–H and O–H groups in total. The Bertz CT molecular complexity index is 619. The van der Waals surface area contributed by atoms with Gasteiger partial charge in [-0.3, -0.25) is 10.1 Å². The lowest BCUT2D eigenvalue weighted by atomic mass is 10.1. The number of ether oxygens (including phenoxy) is 1. The molecule has 0 saturated carbocycles. The van der Waals surface area contributed by atoms with E-state index in [2.05, 4.69) is 20.5 Å². The van der Waals surface area contributed by atoms with Crippen LogP contribution >= 0.6 is 0 Å². The number of nitrogens with one attached hydrogen (secondary N) is 2. The van der Waals surface area contributed by atoms with Crippen molar-refractivity contribution < 1.29 is 9.53 Å². The molecule has 0 unspecified atom stereocenters. The van der Waals surface area contributed by atoms with Gasteiger partial charge in [-0.1, -0.05) is 24.3 Å². The van der Waals surface area contributed by atoms with Crippen LogP contribution in [0.15, 0.2) is 30.3 Å². The number of nitrogens with zero attached hydrogens (tertiary/aromatic N) is 2. The molecule has 1 aromatic heterocycles. The van der Waals surface area contributed by atoms with Gasteiger partial charge in [0.25, 0.3) is 5.91 Å². The highest BCUT2D eigenvalue weighted by molar-refractivity contribution is 6.00. The molecule has 0 aliphatic heterocycles. The lowest BCUT2D eigenvalue weighted by Crippen LogP contribution is -2.09. The van der Waals surface area contributed by atoms with E-state index in [4.69, 9.17) is 4.74 Å². The van der Waals surface area contributed by atoms with Crippen molar-refractivity contribution in [3.05, 3.63) is 41.5 Å². The van der Waals surface area contributed by atoms with E-state index >= 15 is 0 Å². The number of aromatic amines is 1. The molecule has 20 heavy (non-hydrogen) atoms. The minimum Gasteiger partial charge on any atom is -0.463 e. The van der Waals surface area contributed by atoms with Crippen LogP contribution < -0.4 is 10.1 Å². The predicted octanol–water partition coefficient (Wildman–Crippen LogP) is 2.16. The summed E-state index contributed by atoms with van der Waals surface area (Å²) in [6.45, 7) is 4.29. The molecule has 6 nitrogen and oxygen atoms in total. The number of H-pyrrole nitrogens is 1. The number of carbonyl (C=O) groups excluding carboxylic acids is 1. The summed E-state index contributed by atoms with van der Waals surface area (Å²) in [5, 5.41) is 8.95. The zero-order valence-corrected chi connectivity index (χ0v) is 11.4. The Morgan fingerprint density at radius 1 is 1.45 bits per heavy atom. The highest BCUT2D eigenvalue weighted by atomic mass is 16.5. The molecule has 2 aromatic rings. The van der Waals surface area contributed by atoms with E-state index in [0.29, 0.717) is 6.61 Å². The normalized spacial score (nSPS) is 10.7. The fourth-order valence-electron chi connectivity index (χ4n) is 1.59. The van der Waals surface area contributed by atoms with Gasteiger partial charge < -0.3 is 4.74 Å². The number of rotatable bonds is 5. The van der Waals surface area contributed by atoms with E-state index in [1.54, 1.807) is 6.08 Å². The zero-order valence-electron chi connectivity index (χ0n) is 11.4. The molecule has 0 aliphatic carbocycles. The van der Waals surface area contributed by atoms with Crippen molar-refractivity contribution in [3.8, 4) is 6.01 Å². The second-order valence-electron chi connectivity index (χ2n) is 4.08. The summed E-state index contributed by atoms with van der Waals surface area (Å²) >= 11 is 0. The molecule has 0 bridgehead atoms. The summed E-state index contributed by atoms with van der Waals surface area (Å²) in [5.41, 5.74) is 2.10. The number of amides is 1. The molecular formula is C14H16N4O2. The number of hydrogen-bond donors (Lipinski definition) is 2. The SMILES string of the molecule is CCOc1n[nH]c(NC(=O)/C=C/c2ccccc2C)n1. The van der Waals surface area contributed by atoms with Gasteiger partial charge in [0.1, 0.15) is 0 Å². The van der Waals surface area contributed by atoms with Gasteiger partial charge in [0.15, 0.2) is 0 Å². The van der Waals surface area contributed by atoms with E-state index in [9.17, 15) is 4.79 Å². The van der Waals surface area contributed by atoms with Gasteiger partial charge in [-0.15, -0.1) is 5.10 Å². The third kappa shape index (κ3) is 3.68. The Labute approximate surface area is 116 Å². The summed E-state index contributed by atoms with van der Waals surface area (Å²) < 4.78 is 5.09. The lowest BCUT2D eigenvalue weighted by molar-refractivity contribution is -0.111. The van der Waals surface area contributed by atoms with Crippen LogP contribution in [0.2, 0.25) is 0 Å². The number of hydrogen-bond acceptors (Lipinski definition) is 4. The van der Waals surface area contributed by atoms with Crippen LogP contribution in [-0.2, 0) is 4.79 Å². The third-order valence-corrected chi connectivity index (χ3v) is 2.58. The van der Waals surface area contributed by atoms with Gasteiger partial charge in [-0.25, -0.2) is 5.10 Å². The fourth-order valence-corrected chi connectivity index (χ4v) is 1.59. The average Bonchev–Trinajstić information content (AvgIpc) is 2.85. The molecule has 1 heterocycles. The van der Waals surface area contributed by atoms with Crippen molar-refractivity contribution in [1.82, 2.24) is 15.2 Å². The quantitative estimate of drug-likeness (QED) is 0.817. The first-order chi connectivity index (χ1) is 9.69. The Hall–Kier alpha value is -2.63. The second kappa shape index (κ2) is 6.51. The molecule has 1 aromatic carbocycles. The Balaban J connectivity index is 1.96. The minimum absolute atomic E-state index is 0.214. The van der Waals surface area contributed by atoms with E-state index in [-0.39, 0.29) is 17.9 Å². The number of carbonyl (C=O) groups is 1. The lowest BCUT2D eigenvalue weighted by Gasteiger charge is -1.99. The van der Waals surface area contributed by atoms with Gasteiger partial charge >= 0.3 is 6.01 Å². The monoisotopic (exact) mass is 272 g/mol. The number of benzene rings is 1. The second-order valence-corrected chi connectivity index (χ2v) is 4.08. The standard InChI is InChI=1S/C14H16N4O2/c1-3-20-14-16-13(17-18-14)15-12(19)9-8-11-7-5-4-6-10(11)2/h4-9H,3H2,1-2H3,(H2,15,16,17,18,19)/b9-8+. The molecule has 6 heteroatoms. The Morgan fingerprint density at radius 3 is 3.00 bits per heavy atom. The maximum absolute atomic E-state index is 11.7. The number of aryl methyl sites for hydroxylation is 1. The number of anilines is 1. The van der Waals surface area contributed by atoms with Crippen molar-refractivity contribution in [3.63, 3.8) is 0 Å². The molecule has 0 atom stereocenters. The predicted molar refractivity (Wildman–Crippen MR) is 76.4 cm³/mol. The van der Waals surface area contributed by atoms with Crippen molar-refractivity contribution >= 4 is 17.9 Å². The molecule has 2 rings (SSSR count). The molecule has 0 fully saturated rings. The summed E-state index contributed by atoms with van der Waals surface area (Å²) in [7, 11) is 0. The van der Waals surface area contributed by atoms with Crippen molar-refractivity contribution in [1.29, 1.82) is 0 Å². The zero-order chi connectivity index (χ0) is 14.4. The maximum Gasteiger partial charge on any atom is 0.337 e. The third-order valence-electron chi connectivity index (χ3n) is 2.58. The molecule has 0 spiro atoms. The maximum atomic E-state index is 11.7. The van der Waals surface area contributed by atoms with Gasteiger partial charge in [0.05, 0.1) is 6.61 Å². The first kappa shape index (κ1) is 13.8. The van der Waals surface area contributed by atoms with Gasteiger partial charge in [-0.05, 0) is 31.1 Å². The van der Waals surface area contributed by atoms with E-state index in [1.165, 1.54) is 6.08 Å². The first-order valence-electron chi connectivity index (χ1n) is 6.29. The Kier molecular flexibility index (Phi) is 4.49. The van der Waals surface area contributed by atoms with Crippen molar-refractivity contribution in [2.24, 2.45) is 0 Å². The van der Waals surface area contributed by atoms with Crippen LogP contribution in [0.4, 0.5) is 5.95 Å². The van der Waals surface area contributed by atoms with Crippen LogP contribution in [-0.4, -0.2) is 27.7 Å². The van der Waals surface area contributed by atoms with Crippen LogP contribution in [0.3, 0.4) is 0 Å². The first-order valence-corrected chi connectivity index (χ1v) is 6.29. The van der Waals surface area contributed by atoms with Gasteiger partial charge in [0.2, 0.25) is 5.95 Å². The topological polar surface area (TPSA) is 79.9 Å². The van der Waals surface area contributed by atoms with Crippen LogP contribution in [0.5, 0.6) is 6.01 Å². The summed E-state index contributed by atoms with van der Waals surface area (Å²) in [4.78, 5) is 15.7. The Morgan fingerprint density at radius 2 is 2.25 bits per heavy atom. The van der Waals surface area contributed by atoms with Crippen LogP contribution in [0.1, 0.15) is 18.1 Å². The fraction of sp³-hybridized carbons (Fsp3) is 0.214. The molecule has 0 saturated heterocycles. The average molecular weight is 272 g/mol. The molecule has 0 aliphatic rings. The number of aromatic nitrogens is 3. The summed E-state index contributed by atoms with van der Waals surface area (Å²) in [5.74, 6) is -0.0275.